The van der Waals surface area contributed by atoms with Gasteiger partial charge in [0, 0.05) is 27.9 Å². The van der Waals surface area contributed by atoms with Crippen LogP contribution < -0.4 is 0 Å². The summed E-state index contributed by atoms with van der Waals surface area (Å²) in [4.78, 5) is 9.87. The maximum absolute atomic E-state index is 6.45. The fourth-order valence-electron chi connectivity index (χ4n) is 6.40. The summed E-state index contributed by atoms with van der Waals surface area (Å²) in [6.45, 7) is 0. The number of pyridine rings is 2. The maximum atomic E-state index is 6.45. The van der Waals surface area contributed by atoms with Gasteiger partial charge in [-0.15, -0.1) is 0 Å². The van der Waals surface area contributed by atoms with Crippen LogP contribution in [0.5, 0.6) is 0 Å². The number of rotatable bonds is 2. The zero-order valence-electron chi connectivity index (χ0n) is 22.0. The van der Waals surface area contributed by atoms with E-state index in [2.05, 4.69) is 103 Å². The largest absolute Gasteiger partial charge is 0.455 e. The molecule has 3 heterocycles. The van der Waals surface area contributed by atoms with Crippen LogP contribution in [-0.4, -0.2) is 9.97 Å². The van der Waals surface area contributed by atoms with Gasteiger partial charge in [0.25, 0.3) is 0 Å². The molecule has 0 aliphatic rings. The van der Waals surface area contributed by atoms with Gasteiger partial charge in [0.15, 0.2) is 0 Å². The van der Waals surface area contributed by atoms with Crippen molar-refractivity contribution in [2.24, 2.45) is 0 Å². The second-order valence-electron chi connectivity index (χ2n) is 10.6. The Morgan fingerprint density at radius 1 is 0.512 bits per heavy atom. The van der Waals surface area contributed by atoms with E-state index in [1.165, 1.54) is 32.7 Å². The molecule has 0 spiro atoms. The molecule has 0 saturated heterocycles. The van der Waals surface area contributed by atoms with Gasteiger partial charge in [-0.3, -0.25) is 4.98 Å². The molecule has 3 aromatic heterocycles. The highest BCUT2D eigenvalue weighted by molar-refractivity contribution is 6.23. The lowest BCUT2D eigenvalue weighted by Crippen LogP contribution is -1.92. The van der Waals surface area contributed by atoms with Crippen LogP contribution in [0, 0.1) is 0 Å². The molecule has 0 aliphatic heterocycles. The van der Waals surface area contributed by atoms with Crippen molar-refractivity contribution in [2.45, 2.75) is 0 Å². The van der Waals surface area contributed by atoms with Crippen molar-refractivity contribution in [3.8, 4) is 22.4 Å². The first kappa shape index (κ1) is 22.3. The van der Waals surface area contributed by atoms with Gasteiger partial charge in [-0.25, -0.2) is 4.98 Å². The van der Waals surface area contributed by atoms with Gasteiger partial charge in [0.1, 0.15) is 16.7 Å². The van der Waals surface area contributed by atoms with Crippen molar-refractivity contribution < 1.29 is 4.42 Å². The SMILES string of the molecule is c1ccc2c(c1)cc(-c1ccc(-c3nc4cccnc4c4c3ccc3c5ccccc5oc34)cc1)c1ccccc12. The predicted octanol–water partition coefficient (Wildman–Crippen LogP) is 10.3. The molecule has 6 aromatic carbocycles. The summed E-state index contributed by atoms with van der Waals surface area (Å²) in [5.74, 6) is 0. The molecular formula is C38H22N2O. The molecule has 0 fully saturated rings. The van der Waals surface area contributed by atoms with E-state index >= 15 is 0 Å². The summed E-state index contributed by atoms with van der Waals surface area (Å²) in [5, 5.41) is 9.29. The first-order chi connectivity index (χ1) is 20.3. The Balaban J connectivity index is 1.28. The average Bonchev–Trinajstić information content (AvgIpc) is 3.43. The third-order valence-corrected chi connectivity index (χ3v) is 8.29. The number of furan rings is 1. The van der Waals surface area contributed by atoms with Gasteiger partial charge < -0.3 is 4.42 Å². The van der Waals surface area contributed by atoms with E-state index in [9.17, 15) is 0 Å². The average molecular weight is 523 g/mol. The molecule has 41 heavy (non-hydrogen) atoms. The van der Waals surface area contributed by atoms with Crippen LogP contribution in [0.3, 0.4) is 0 Å². The Hall–Kier alpha value is -5.54. The second-order valence-corrected chi connectivity index (χ2v) is 10.6. The summed E-state index contributed by atoms with van der Waals surface area (Å²) >= 11 is 0. The van der Waals surface area contributed by atoms with Crippen LogP contribution in [0.1, 0.15) is 0 Å². The standard InChI is InChI=1S/C38H22N2O/c1-2-9-26-25(8-1)22-32(28-11-4-3-10-27(26)28)23-15-17-24(18-16-23)36-31-20-19-30-29-12-5-6-14-34(29)41-38(30)35(31)37-33(40-36)13-7-21-39-37/h1-22H. The minimum atomic E-state index is 0.854. The molecule has 0 amide bonds. The lowest BCUT2D eigenvalue weighted by Gasteiger charge is -2.13. The molecule has 0 atom stereocenters. The van der Waals surface area contributed by atoms with Crippen molar-refractivity contribution in [3.05, 3.63) is 134 Å². The second kappa shape index (κ2) is 8.48. The van der Waals surface area contributed by atoms with E-state index in [1.807, 2.05) is 30.5 Å². The lowest BCUT2D eigenvalue weighted by atomic mass is 9.92. The highest BCUT2D eigenvalue weighted by atomic mass is 16.3. The van der Waals surface area contributed by atoms with E-state index in [0.717, 1.165) is 55.0 Å². The fraction of sp³-hybridized carbons (Fsp3) is 0. The van der Waals surface area contributed by atoms with Gasteiger partial charge in [0.2, 0.25) is 0 Å². The number of nitrogens with zero attached hydrogens (tertiary/aromatic N) is 2. The van der Waals surface area contributed by atoms with Crippen LogP contribution in [0.15, 0.2) is 138 Å². The van der Waals surface area contributed by atoms with E-state index in [4.69, 9.17) is 14.4 Å². The van der Waals surface area contributed by atoms with Crippen molar-refractivity contribution in [2.75, 3.05) is 0 Å². The quantitative estimate of drug-likeness (QED) is 0.212. The van der Waals surface area contributed by atoms with Crippen molar-refractivity contribution in [1.82, 2.24) is 9.97 Å². The zero-order chi connectivity index (χ0) is 26.9. The van der Waals surface area contributed by atoms with E-state index in [1.54, 1.807) is 0 Å². The fourth-order valence-corrected chi connectivity index (χ4v) is 6.40. The summed E-state index contributed by atoms with van der Waals surface area (Å²) in [6.07, 6.45) is 1.83. The molecule has 0 radical (unpaired) electrons. The Labute approximate surface area is 235 Å². The number of fused-ring (bicyclic) bond motifs is 10. The molecular weight excluding hydrogens is 500 g/mol. The number of aromatic nitrogens is 2. The molecule has 0 bridgehead atoms. The van der Waals surface area contributed by atoms with Crippen LogP contribution in [0.2, 0.25) is 0 Å². The Morgan fingerprint density at radius 2 is 1.22 bits per heavy atom. The van der Waals surface area contributed by atoms with Gasteiger partial charge in [-0.05, 0) is 63.0 Å². The highest BCUT2D eigenvalue weighted by Crippen LogP contribution is 2.41. The van der Waals surface area contributed by atoms with E-state index in [-0.39, 0.29) is 0 Å². The van der Waals surface area contributed by atoms with Gasteiger partial charge in [0.05, 0.1) is 16.6 Å². The molecule has 0 saturated carbocycles. The van der Waals surface area contributed by atoms with Crippen molar-refractivity contribution in [1.29, 1.82) is 0 Å². The number of benzene rings is 6. The summed E-state index contributed by atoms with van der Waals surface area (Å²) in [7, 11) is 0. The molecule has 0 aliphatic carbocycles. The monoisotopic (exact) mass is 522 g/mol. The number of hydrogen-bond acceptors (Lipinski definition) is 3. The number of hydrogen-bond donors (Lipinski definition) is 0. The minimum Gasteiger partial charge on any atom is -0.455 e. The van der Waals surface area contributed by atoms with Crippen molar-refractivity contribution >= 4 is 65.3 Å². The van der Waals surface area contributed by atoms with Gasteiger partial charge in [-0.2, -0.15) is 0 Å². The molecule has 9 aromatic rings. The highest BCUT2D eigenvalue weighted by Gasteiger charge is 2.18. The van der Waals surface area contributed by atoms with Crippen LogP contribution >= 0.6 is 0 Å². The Bertz CT molecular complexity index is 2470. The first-order valence-corrected chi connectivity index (χ1v) is 13.8. The van der Waals surface area contributed by atoms with Crippen LogP contribution in [0.4, 0.5) is 0 Å². The molecule has 0 N–H and O–H groups in total. The van der Waals surface area contributed by atoms with Crippen LogP contribution in [0.25, 0.3) is 87.7 Å². The van der Waals surface area contributed by atoms with Crippen molar-refractivity contribution in [3.63, 3.8) is 0 Å². The maximum Gasteiger partial charge on any atom is 0.145 e. The normalized spacial score (nSPS) is 11.9. The summed E-state index contributed by atoms with van der Waals surface area (Å²) in [5.41, 5.74) is 7.85. The molecule has 9 rings (SSSR count). The third kappa shape index (κ3) is 3.26. The zero-order valence-corrected chi connectivity index (χ0v) is 22.0. The molecule has 3 nitrogen and oxygen atoms in total. The lowest BCUT2D eigenvalue weighted by molar-refractivity contribution is 0.673. The topological polar surface area (TPSA) is 38.9 Å². The van der Waals surface area contributed by atoms with Gasteiger partial charge >= 0.3 is 0 Å². The van der Waals surface area contributed by atoms with E-state index in [0.29, 0.717) is 0 Å². The third-order valence-electron chi connectivity index (χ3n) is 8.29. The Kier molecular flexibility index (Phi) is 4.61. The first-order valence-electron chi connectivity index (χ1n) is 13.8. The number of para-hydroxylation sites is 1. The summed E-state index contributed by atoms with van der Waals surface area (Å²) in [6, 6.07) is 44.9. The van der Waals surface area contributed by atoms with Crippen LogP contribution in [-0.2, 0) is 0 Å². The smallest absolute Gasteiger partial charge is 0.145 e. The minimum absolute atomic E-state index is 0.854. The molecule has 190 valence electrons. The Morgan fingerprint density at radius 3 is 2.10 bits per heavy atom. The van der Waals surface area contributed by atoms with E-state index < -0.39 is 0 Å². The van der Waals surface area contributed by atoms with Gasteiger partial charge in [-0.1, -0.05) is 97.1 Å². The predicted molar refractivity (Wildman–Crippen MR) is 170 cm³/mol. The molecule has 3 heteroatoms. The molecule has 0 unspecified atom stereocenters. The summed E-state index contributed by atoms with van der Waals surface area (Å²) < 4.78 is 6.45.